The molecule has 1 N–H and O–H groups in total. The van der Waals surface area contributed by atoms with E-state index in [9.17, 15) is 4.79 Å². The topological polar surface area (TPSA) is 59.4 Å². The molecule has 1 aromatic carbocycles. The van der Waals surface area contributed by atoms with Crippen molar-refractivity contribution in [2.45, 2.75) is 12.8 Å². The van der Waals surface area contributed by atoms with Gasteiger partial charge in [-0.05, 0) is 43.2 Å². The van der Waals surface area contributed by atoms with Crippen LogP contribution in [0.2, 0.25) is 0 Å². The van der Waals surface area contributed by atoms with Crippen LogP contribution < -0.4 is 10.2 Å². The van der Waals surface area contributed by atoms with Gasteiger partial charge in [0, 0.05) is 38.6 Å². The summed E-state index contributed by atoms with van der Waals surface area (Å²) >= 11 is 0. The van der Waals surface area contributed by atoms with Gasteiger partial charge in [-0.25, -0.2) is 4.68 Å². The van der Waals surface area contributed by atoms with Gasteiger partial charge >= 0.3 is 0 Å². The normalized spacial score (nSPS) is 14.2. The molecule has 2 aromatic rings. The second-order valence-corrected chi connectivity index (χ2v) is 5.60. The molecule has 1 aromatic heterocycles. The molecular formula is C17H22N4O2. The first kappa shape index (κ1) is 15.6. The third kappa shape index (κ3) is 3.71. The number of hydrogen-bond donors (Lipinski definition) is 1. The fourth-order valence-electron chi connectivity index (χ4n) is 2.74. The molecule has 1 amide bonds. The van der Waals surface area contributed by atoms with E-state index in [0.29, 0.717) is 18.8 Å². The number of carbonyl (C=O) groups excluding carboxylic acids is 1. The highest BCUT2D eigenvalue weighted by molar-refractivity contribution is 5.92. The van der Waals surface area contributed by atoms with E-state index >= 15 is 0 Å². The smallest absolute Gasteiger partial charge is 0.271 e. The van der Waals surface area contributed by atoms with Crippen LogP contribution in [0.1, 0.15) is 23.3 Å². The minimum Gasteiger partial charge on any atom is -0.383 e. The lowest BCUT2D eigenvalue weighted by Crippen LogP contribution is -2.27. The number of nitrogens with zero attached hydrogens (tertiary/aromatic N) is 3. The summed E-state index contributed by atoms with van der Waals surface area (Å²) in [7, 11) is 1.60. The zero-order valence-electron chi connectivity index (χ0n) is 13.4. The van der Waals surface area contributed by atoms with E-state index < -0.39 is 0 Å². The largest absolute Gasteiger partial charge is 0.383 e. The van der Waals surface area contributed by atoms with Gasteiger partial charge in [0.05, 0.1) is 12.3 Å². The summed E-state index contributed by atoms with van der Waals surface area (Å²) < 4.78 is 6.63. The summed E-state index contributed by atoms with van der Waals surface area (Å²) in [5.74, 6) is -0.186. The molecule has 0 radical (unpaired) electrons. The van der Waals surface area contributed by atoms with Crippen LogP contribution in [0.15, 0.2) is 36.5 Å². The van der Waals surface area contributed by atoms with Crippen molar-refractivity contribution in [1.29, 1.82) is 0 Å². The van der Waals surface area contributed by atoms with Crippen molar-refractivity contribution in [2.24, 2.45) is 0 Å². The Bertz CT molecular complexity index is 645. The Labute approximate surface area is 136 Å². The van der Waals surface area contributed by atoms with Crippen LogP contribution in [0, 0.1) is 0 Å². The molecule has 0 bridgehead atoms. The lowest BCUT2D eigenvalue weighted by molar-refractivity contribution is 0.0931. The van der Waals surface area contributed by atoms with Crippen LogP contribution >= 0.6 is 0 Å². The van der Waals surface area contributed by atoms with E-state index in [1.807, 2.05) is 12.1 Å². The highest BCUT2D eigenvalue weighted by Gasteiger charge is 2.13. The fraction of sp³-hybridized carbons (Fsp3) is 0.412. The Morgan fingerprint density at radius 2 is 1.87 bits per heavy atom. The monoisotopic (exact) mass is 314 g/mol. The van der Waals surface area contributed by atoms with Gasteiger partial charge < -0.3 is 15.0 Å². The number of hydrogen-bond acceptors (Lipinski definition) is 4. The van der Waals surface area contributed by atoms with Crippen LogP contribution in [0.4, 0.5) is 5.69 Å². The molecule has 0 unspecified atom stereocenters. The van der Waals surface area contributed by atoms with Crippen LogP contribution in [-0.4, -0.2) is 49.0 Å². The predicted octanol–water partition coefficient (Wildman–Crippen LogP) is 1.85. The molecule has 6 nitrogen and oxygen atoms in total. The zero-order chi connectivity index (χ0) is 16.1. The molecule has 6 heteroatoms. The molecule has 0 aliphatic carbocycles. The maximum Gasteiger partial charge on any atom is 0.271 e. The molecule has 1 saturated heterocycles. The number of aromatic nitrogens is 2. The maximum absolute atomic E-state index is 11.9. The van der Waals surface area contributed by atoms with Gasteiger partial charge in [-0.3, -0.25) is 4.79 Å². The minimum atomic E-state index is -0.186. The van der Waals surface area contributed by atoms with Crippen LogP contribution in [0.3, 0.4) is 0 Å². The number of carbonyl (C=O) groups is 1. The lowest BCUT2D eigenvalue weighted by Gasteiger charge is -2.17. The Balaban J connectivity index is 1.66. The van der Waals surface area contributed by atoms with Crippen molar-refractivity contribution >= 4 is 11.6 Å². The molecule has 0 atom stereocenters. The van der Waals surface area contributed by atoms with Crippen LogP contribution in [0.25, 0.3) is 5.69 Å². The van der Waals surface area contributed by atoms with E-state index in [0.717, 1.165) is 18.8 Å². The lowest BCUT2D eigenvalue weighted by atomic mass is 10.2. The van der Waals surface area contributed by atoms with E-state index in [1.165, 1.54) is 18.5 Å². The standard InChI is InChI=1S/C17H22N4O2/c1-23-13-9-18-17(22)16-8-12-21(19-16)15-6-4-14(5-7-15)20-10-2-3-11-20/h4-8,12H,2-3,9-11,13H2,1H3,(H,18,22). The van der Waals surface area contributed by atoms with Gasteiger partial charge in [0.1, 0.15) is 0 Å². The number of benzene rings is 1. The SMILES string of the molecule is COCCNC(=O)c1ccn(-c2ccc(N3CCCC3)cc2)n1. The molecule has 1 aliphatic heterocycles. The summed E-state index contributed by atoms with van der Waals surface area (Å²) in [5, 5.41) is 7.10. The van der Waals surface area contributed by atoms with Gasteiger partial charge in [0.2, 0.25) is 0 Å². The van der Waals surface area contributed by atoms with Gasteiger partial charge in [-0.1, -0.05) is 0 Å². The summed E-state index contributed by atoms with van der Waals surface area (Å²) in [6.45, 7) is 3.23. The maximum atomic E-state index is 11.9. The Morgan fingerprint density at radius 3 is 2.57 bits per heavy atom. The molecule has 0 saturated carbocycles. The number of rotatable bonds is 6. The molecule has 23 heavy (non-hydrogen) atoms. The first-order chi connectivity index (χ1) is 11.3. The Kier molecular flexibility index (Phi) is 4.92. The predicted molar refractivity (Wildman–Crippen MR) is 89.2 cm³/mol. The molecule has 0 spiro atoms. The third-order valence-electron chi connectivity index (χ3n) is 4.00. The number of anilines is 1. The van der Waals surface area contributed by atoms with Crippen molar-refractivity contribution in [1.82, 2.24) is 15.1 Å². The molecular weight excluding hydrogens is 292 g/mol. The third-order valence-corrected chi connectivity index (χ3v) is 4.00. The molecule has 1 aliphatic rings. The quantitative estimate of drug-likeness (QED) is 0.827. The summed E-state index contributed by atoms with van der Waals surface area (Å²) in [6, 6.07) is 10.0. The average molecular weight is 314 g/mol. The minimum absolute atomic E-state index is 0.186. The summed E-state index contributed by atoms with van der Waals surface area (Å²) in [6.07, 6.45) is 4.33. The van der Waals surface area contributed by atoms with E-state index in [-0.39, 0.29) is 5.91 Å². The number of methoxy groups -OCH3 is 1. The number of nitrogens with one attached hydrogen (secondary N) is 1. The van der Waals surface area contributed by atoms with E-state index in [1.54, 1.807) is 24.1 Å². The average Bonchev–Trinajstić information content (AvgIpc) is 3.27. The van der Waals surface area contributed by atoms with Crippen molar-refractivity contribution < 1.29 is 9.53 Å². The van der Waals surface area contributed by atoms with Gasteiger partial charge in [0.15, 0.2) is 5.69 Å². The Morgan fingerprint density at radius 1 is 1.17 bits per heavy atom. The molecule has 3 rings (SSSR count). The highest BCUT2D eigenvalue weighted by atomic mass is 16.5. The van der Waals surface area contributed by atoms with Gasteiger partial charge in [0.25, 0.3) is 5.91 Å². The zero-order valence-corrected chi connectivity index (χ0v) is 13.4. The highest BCUT2D eigenvalue weighted by Crippen LogP contribution is 2.21. The first-order valence-electron chi connectivity index (χ1n) is 7.96. The number of amides is 1. The van der Waals surface area contributed by atoms with E-state index in [4.69, 9.17) is 4.74 Å². The number of ether oxygens (including phenoxy) is 1. The van der Waals surface area contributed by atoms with E-state index in [2.05, 4.69) is 27.4 Å². The van der Waals surface area contributed by atoms with Crippen LogP contribution in [-0.2, 0) is 4.74 Å². The second kappa shape index (κ2) is 7.28. The van der Waals surface area contributed by atoms with Crippen molar-refractivity contribution in [3.8, 4) is 5.69 Å². The fourth-order valence-corrected chi connectivity index (χ4v) is 2.74. The van der Waals surface area contributed by atoms with Crippen molar-refractivity contribution in [3.05, 3.63) is 42.2 Å². The van der Waals surface area contributed by atoms with Crippen molar-refractivity contribution in [2.75, 3.05) is 38.3 Å². The molecule has 122 valence electrons. The van der Waals surface area contributed by atoms with Crippen LogP contribution in [0.5, 0.6) is 0 Å². The summed E-state index contributed by atoms with van der Waals surface area (Å²) in [4.78, 5) is 14.3. The summed E-state index contributed by atoms with van der Waals surface area (Å²) in [5.41, 5.74) is 2.60. The Hall–Kier alpha value is -2.34. The molecule has 1 fully saturated rings. The van der Waals surface area contributed by atoms with Gasteiger partial charge in [-0.15, -0.1) is 0 Å². The molecule has 2 heterocycles. The van der Waals surface area contributed by atoms with Crippen molar-refractivity contribution in [3.63, 3.8) is 0 Å². The second-order valence-electron chi connectivity index (χ2n) is 5.60. The first-order valence-corrected chi connectivity index (χ1v) is 7.96. The van der Waals surface area contributed by atoms with Gasteiger partial charge in [-0.2, -0.15) is 5.10 Å².